The van der Waals surface area contributed by atoms with Crippen molar-refractivity contribution in [2.45, 2.75) is 19.8 Å². The zero-order valence-corrected chi connectivity index (χ0v) is 12.7. The Labute approximate surface area is 125 Å². The van der Waals surface area contributed by atoms with Crippen LogP contribution in [0.3, 0.4) is 0 Å². The Kier molecular flexibility index (Phi) is 5.44. The number of hydrogen-bond acceptors (Lipinski definition) is 4. The third kappa shape index (κ3) is 3.67. The van der Waals surface area contributed by atoms with Crippen molar-refractivity contribution in [1.29, 1.82) is 0 Å². The second-order valence-corrected chi connectivity index (χ2v) is 5.22. The highest BCUT2D eigenvalue weighted by molar-refractivity contribution is 5.95. The zero-order chi connectivity index (χ0) is 15.2. The number of aliphatic hydroxyl groups is 1. The predicted octanol–water partition coefficient (Wildman–Crippen LogP) is 1.94. The van der Waals surface area contributed by atoms with Crippen molar-refractivity contribution in [3.63, 3.8) is 0 Å². The molecule has 1 heterocycles. The van der Waals surface area contributed by atoms with Gasteiger partial charge in [-0.25, -0.2) is 0 Å². The fourth-order valence-corrected chi connectivity index (χ4v) is 2.58. The summed E-state index contributed by atoms with van der Waals surface area (Å²) in [5.41, 5.74) is 0.613. The molecule has 0 atom stereocenters. The minimum absolute atomic E-state index is 0.00926. The van der Waals surface area contributed by atoms with Crippen LogP contribution in [-0.2, 0) is 0 Å². The molecule has 0 spiro atoms. The molecule has 1 aromatic rings. The molecule has 1 aliphatic heterocycles. The maximum atomic E-state index is 12.5. The minimum atomic E-state index is 0.00926. The number of nitrogens with zero attached hydrogens (tertiary/aromatic N) is 1. The Morgan fingerprint density at radius 3 is 2.62 bits per heavy atom. The van der Waals surface area contributed by atoms with Gasteiger partial charge in [-0.15, -0.1) is 0 Å². The quantitative estimate of drug-likeness (QED) is 0.901. The summed E-state index contributed by atoms with van der Waals surface area (Å²) >= 11 is 0. The van der Waals surface area contributed by atoms with Gasteiger partial charge in [0.05, 0.1) is 13.7 Å². The van der Waals surface area contributed by atoms with E-state index in [4.69, 9.17) is 14.6 Å². The van der Waals surface area contributed by atoms with Crippen molar-refractivity contribution in [3.05, 3.63) is 23.8 Å². The molecular formula is C16H23NO4. The second kappa shape index (κ2) is 7.31. The molecule has 1 fully saturated rings. The van der Waals surface area contributed by atoms with Gasteiger partial charge in [-0.3, -0.25) is 4.79 Å². The topological polar surface area (TPSA) is 59.0 Å². The molecule has 0 unspecified atom stereocenters. The first-order valence-electron chi connectivity index (χ1n) is 7.40. The van der Waals surface area contributed by atoms with Gasteiger partial charge in [0.25, 0.3) is 5.91 Å². The smallest absolute Gasteiger partial charge is 0.253 e. The molecule has 116 valence electrons. The lowest BCUT2D eigenvalue weighted by Gasteiger charge is -2.31. The van der Waals surface area contributed by atoms with Gasteiger partial charge in [0.1, 0.15) is 0 Å². The third-order valence-corrected chi connectivity index (χ3v) is 3.87. The van der Waals surface area contributed by atoms with E-state index in [1.165, 1.54) is 0 Å². The predicted molar refractivity (Wildman–Crippen MR) is 79.9 cm³/mol. The number of aliphatic hydroxyl groups excluding tert-OH is 1. The molecule has 1 aromatic carbocycles. The van der Waals surface area contributed by atoms with Gasteiger partial charge in [-0.1, -0.05) is 0 Å². The number of carbonyl (C=O) groups excluding carboxylic acids is 1. The normalized spacial score (nSPS) is 15.9. The molecule has 1 amide bonds. The van der Waals surface area contributed by atoms with Crippen molar-refractivity contribution in [1.82, 2.24) is 4.90 Å². The number of ether oxygens (including phenoxy) is 2. The molecule has 0 aromatic heterocycles. The first-order chi connectivity index (χ1) is 10.2. The molecule has 5 heteroatoms. The Morgan fingerprint density at radius 2 is 2.05 bits per heavy atom. The summed E-state index contributed by atoms with van der Waals surface area (Å²) in [7, 11) is 1.58. The first-order valence-corrected chi connectivity index (χ1v) is 7.40. The number of rotatable bonds is 5. The van der Waals surface area contributed by atoms with Crippen LogP contribution in [0.15, 0.2) is 18.2 Å². The summed E-state index contributed by atoms with van der Waals surface area (Å²) in [5.74, 6) is 1.56. The van der Waals surface area contributed by atoms with Gasteiger partial charge >= 0.3 is 0 Å². The van der Waals surface area contributed by atoms with E-state index in [0.717, 1.165) is 12.8 Å². The number of hydrogen-bond donors (Lipinski definition) is 1. The van der Waals surface area contributed by atoms with Crippen LogP contribution in [0, 0.1) is 5.92 Å². The zero-order valence-electron chi connectivity index (χ0n) is 12.7. The molecule has 1 N–H and O–H groups in total. The molecule has 0 saturated carbocycles. The van der Waals surface area contributed by atoms with Crippen LogP contribution in [-0.4, -0.2) is 49.3 Å². The summed E-state index contributed by atoms with van der Waals surface area (Å²) in [5, 5.41) is 9.15. The second-order valence-electron chi connectivity index (χ2n) is 5.22. The van der Waals surface area contributed by atoms with E-state index >= 15 is 0 Å². The fraction of sp³-hybridized carbons (Fsp3) is 0.562. The average Bonchev–Trinajstić information content (AvgIpc) is 2.54. The van der Waals surface area contributed by atoms with Gasteiger partial charge < -0.3 is 19.5 Å². The summed E-state index contributed by atoms with van der Waals surface area (Å²) in [4.78, 5) is 14.4. The van der Waals surface area contributed by atoms with E-state index in [9.17, 15) is 4.79 Å². The van der Waals surface area contributed by atoms with Crippen LogP contribution in [0.1, 0.15) is 30.1 Å². The van der Waals surface area contributed by atoms with Crippen molar-refractivity contribution >= 4 is 5.91 Å². The van der Waals surface area contributed by atoms with Crippen LogP contribution in [0.25, 0.3) is 0 Å². The van der Waals surface area contributed by atoms with E-state index in [1.54, 1.807) is 25.3 Å². The Bertz CT molecular complexity index is 481. The van der Waals surface area contributed by atoms with Gasteiger partial charge in [-0.2, -0.15) is 0 Å². The van der Waals surface area contributed by atoms with Crippen molar-refractivity contribution in [2.75, 3.05) is 33.4 Å². The molecule has 0 bridgehead atoms. The summed E-state index contributed by atoms with van der Waals surface area (Å²) in [6, 6.07) is 5.27. The Hall–Kier alpha value is -1.75. The highest BCUT2D eigenvalue weighted by Gasteiger charge is 2.23. The van der Waals surface area contributed by atoms with Crippen molar-refractivity contribution in [2.24, 2.45) is 5.92 Å². The number of likely N-dealkylation sites (tertiary alicyclic amines) is 1. The summed E-state index contributed by atoms with van der Waals surface area (Å²) in [6.45, 7) is 4.02. The lowest BCUT2D eigenvalue weighted by molar-refractivity contribution is 0.0650. The third-order valence-electron chi connectivity index (χ3n) is 3.87. The average molecular weight is 293 g/mol. The van der Waals surface area contributed by atoms with E-state index in [2.05, 4.69) is 0 Å². The van der Waals surface area contributed by atoms with Crippen LogP contribution in [0.2, 0.25) is 0 Å². The van der Waals surface area contributed by atoms with E-state index < -0.39 is 0 Å². The van der Waals surface area contributed by atoms with Crippen molar-refractivity contribution in [3.8, 4) is 11.5 Å². The molecule has 1 saturated heterocycles. The first kappa shape index (κ1) is 15.6. The monoisotopic (exact) mass is 293 g/mol. The fourth-order valence-electron chi connectivity index (χ4n) is 2.58. The Morgan fingerprint density at radius 1 is 1.33 bits per heavy atom. The molecule has 5 nitrogen and oxygen atoms in total. The highest BCUT2D eigenvalue weighted by atomic mass is 16.5. The molecular weight excluding hydrogens is 270 g/mol. The van der Waals surface area contributed by atoms with Crippen LogP contribution in [0.4, 0.5) is 0 Å². The van der Waals surface area contributed by atoms with E-state index in [-0.39, 0.29) is 12.5 Å². The number of amides is 1. The lowest BCUT2D eigenvalue weighted by atomic mass is 9.97. The lowest BCUT2D eigenvalue weighted by Crippen LogP contribution is -2.39. The van der Waals surface area contributed by atoms with Gasteiger partial charge in [-0.05, 0) is 43.9 Å². The molecule has 0 radical (unpaired) electrons. The van der Waals surface area contributed by atoms with E-state index in [1.807, 2.05) is 11.8 Å². The summed E-state index contributed by atoms with van der Waals surface area (Å²) < 4.78 is 10.7. The molecule has 1 aliphatic rings. The van der Waals surface area contributed by atoms with Crippen LogP contribution < -0.4 is 9.47 Å². The number of piperidine rings is 1. The molecule has 0 aliphatic carbocycles. The maximum Gasteiger partial charge on any atom is 0.253 e. The number of benzene rings is 1. The molecule has 2 rings (SSSR count). The van der Waals surface area contributed by atoms with Crippen molar-refractivity contribution < 1.29 is 19.4 Å². The van der Waals surface area contributed by atoms with Gasteiger partial charge in [0.2, 0.25) is 0 Å². The summed E-state index contributed by atoms with van der Waals surface area (Å²) in [6.07, 6.45) is 1.72. The van der Waals surface area contributed by atoms with Gasteiger partial charge in [0, 0.05) is 25.3 Å². The van der Waals surface area contributed by atoms with E-state index in [0.29, 0.717) is 42.7 Å². The Balaban J connectivity index is 2.10. The van der Waals surface area contributed by atoms with Crippen LogP contribution in [0.5, 0.6) is 11.5 Å². The van der Waals surface area contributed by atoms with Crippen LogP contribution >= 0.6 is 0 Å². The standard InChI is InChI=1S/C16H23NO4/c1-3-21-15-10-13(4-5-14(15)20-2)16(19)17-8-6-12(11-18)7-9-17/h4-5,10,12,18H,3,6-9,11H2,1-2H3. The number of methoxy groups -OCH3 is 1. The molecule has 21 heavy (non-hydrogen) atoms. The largest absolute Gasteiger partial charge is 0.493 e. The SMILES string of the molecule is CCOc1cc(C(=O)N2CCC(CO)CC2)ccc1OC. The highest BCUT2D eigenvalue weighted by Crippen LogP contribution is 2.29. The minimum Gasteiger partial charge on any atom is -0.493 e. The number of carbonyl (C=O) groups is 1. The maximum absolute atomic E-state index is 12.5. The van der Waals surface area contributed by atoms with Gasteiger partial charge in [0.15, 0.2) is 11.5 Å².